The molecule has 1 N–H and O–H groups in total. The molecule has 1 aromatic heterocycles. The van der Waals surface area contributed by atoms with E-state index in [0.29, 0.717) is 5.71 Å². The van der Waals surface area contributed by atoms with Crippen molar-refractivity contribution in [3.8, 4) is 0 Å². The minimum Gasteiger partial charge on any atom is -0.347 e. The molecule has 1 aliphatic rings. The van der Waals surface area contributed by atoms with Crippen LogP contribution < -0.4 is 0 Å². The third-order valence-corrected chi connectivity index (χ3v) is 3.92. The molecule has 1 aromatic carbocycles. The van der Waals surface area contributed by atoms with Gasteiger partial charge in [0.1, 0.15) is 0 Å². The van der Waals surface area contributed by atoms with E-state index in [1.54, 1.807) is 0 Å². The largest absolute Gasteiger partial charge is 0.347 e. The highest BCUT2D eigenvalue weighted by molar-refractivity contribution is 6.17. The van der Waals surface area contributed by atoms with Gasteiger partial charge in [-0.15, -0.1) is 0 Å². The van der Waals surface area contributed by atoms with Crippen LogP contribution in [-0.4, -0.2) is 10.3 Å². The van der Waals surface area contributed by atoms with E-state index in [-0.39, 0.29) is 0 Å². The number of nitrogens with one attached hydrogen (secondary N) is 1. The third-order valence-electron chi connectivity index (χ3n) is 3.92. The maximum absolute atomic E-state index is 8.32. The fraction of sp³-hybridized carbons (Fsp3) is 0.312. The zero-order valence-corrected chi connectivity index (χ0v) is 11.0. The molecule has 0 spiro atoms. The van der Waals surface area contributed by atoms with Gasteiger partial charge in [0.25, 0.3) is 0 Å². The van der Waals surface area contributed by atoms with Crippen LogP contribution in [0, 0.1) is 5.41 Å². The van der Waals surface area contributed by atoms with Crippen LogP contribution in [0.15, 0.2) is 36.0 Å². The predicted octanol–water partition coefficient (Wildman–Crippen LogP) is 3.92. The van der Waals surface area contributed by atoms with E-state index in [9.17, 15) is 0 Å². The molecule has 1 aliphatic heterocycles. The summed E-state index contributed by atoms with van der Waals surface area (Å²) >= 11 is 0. The molecule has 2 aromatic rings. The van der Waals surface area contributed by atoms with Crippen molar-refractivity contribution in [2.75, 3.05) is 0 Å². The molecule has 18 heavy (non-hydrogen) atoms. The standard InChI is InChI=1S/C16H18N2/c1-3-11(2)15(17)14-10-18-9-5-7-12-6-4-8-13(14)16(12)18/h3-4,6,8,10,17H,5,7,9H2,1-2H3/b11-3-,17-15?. The first-order valence-corrected chi connectivity index (χ1v) is 6.55. The van der Waals surface area contributed by atoms with Crippen molar-refractivity contribution in [1.29, 1.82) is 5.41 Å². The van der Waals surface area contributed by atoms with Crippen molar-refractivity contribution < 1.29 is 0 Å². The second kappa shape index (κ2) is 4.13. The highest BCUT2D eigenvalue weighted by atomic mass is 15.0. The Labute approximate surface area is 107 Å². The predicted molar refractivity (Wildman–Crippen MR) is 76.5 cm³/mol. The number of hydrogen-bond acceptors (Lipinski definition) is 1. The molecular weight excluding hydrogens is 220 g/mol. The van der Waals surface area contributed by atoms with Crippen molar-refractivity contribution in [2.24, 2.45) is 0 Å². The molecule has 2 heteroatoms. The first-order valence-electron chi connectivity index (χ1n) is 6.55. The number of hydrogen-bond donors (Lipinski definition) is 1. The summed E-state index contributed by atoms with van der Waals surface area (Å²) in [5.74, 6) is 0. The van der Waals surface area contributed by atoms with Crippen molar-refractivity contribution in [1.82, 2.24) is 4.57 Å². The van der Waals surface area contributed by atoms with Crippen molar-refractivity contribution >= 4 is 16.6 Å². The van der Waals surface area contributed by atoms with Crippen LogP contribution in [0.1, 0.15) is 31.4 Å². The molecule has 2 nitrogen and oxygen atoms in total. The lowest BCUT2D eigenvalue weighted by atomic mass is 9.99. The van der Waals surface area contributed by atoms with Crippen LogP contribution in [0.3, 0.4) is 0 Å². The SMILES string of the molecule is C/C=C(/C)C(=N)c1cn2c3c(cccc13)CCC2. The minimum atomic E-state index is 0.653. The number of nitrogens with zero attached hydrogens (tertiary/aromatic N) is 1. The highest BCUT2D eigenvalue weighted by Crippen LogP contribution is 2.30. The van der Waals surface area contributed by atoms with Crippen LogP contribution in [-0.2, 0) is 13.0 Å². The molecule has 0 unspecified atom stereocenters. The summed E-state index contributed by atoms with van der Waals surface area (Å²) in [4.78, 5) is 0. The molecule has 2 heterocycles. The molecule has 0 saturated heterocycles. The van der Waals surface area contributed by atoms with Gasteiger partial charge in [-0.05, 0) is 37.8 Å². The molecule has 0 aliphatic carbocycles. The van der Waals surface area contributed by atoms with Gasteiger partial charge in [0.2, 0.25) is 0 Å². The monoisotopic (exact) mass is 238 g/mol. The first-order chi connectivity index (χ1) is 8.72. The Bertz CT molecular complexity index is 659. The Morgan fingerprint density at radius 1 is 1.39 bits per heavy atom. The summed E-state index contributed by atoms with van der Waals surface area (Å²) in [5.41, 5.74) is 5.53. The van der Waals surface area contributed by atoms with Crippen molar-refractivity contribution in [2.45, 2.75) is 33.2 Å². The molecule has 0 bridgehead atoms. The molecule has 3 rings (SSSR count). The average Bonchev–Trinajstić information content (AvgIpc) is 2.79. The maximum atomic E-state index is 8.32. The summed E-state index contributed by atoms with van der Waals surface area (Å²) in [6.45, 7) is 5.08. The smallest absolute Gasteiger partial charge is 0.0659 e. The number of para-hydroxylation sites is 1. The van der Waals surface area contributed by atoms with Gasteiger partial charge in [-0.3, -0.25) is 5.41 Å². The van der Waals surface area contributed by atoms with Gasteiger partial charge in [0.15, 0.2) is 0 Å². The fourth-order valence-electron chi connectivity index (χ4n) is 2.81. The summed E-state index contributed by atoms with van der Waals surface area (Å²) < 4.78 is 2.32. The lowest BCUT2D eigenvalue weighted by molar-refractivity contribution is 0.636. The van der Waals surface area contributed by atoms with Crippen molar-refractivity contribution in [3.63, 3.8) is 0 Å². The highest BCUT2D eigenvalue weighted by Gasteiger charge is 2.18. The van der Waals surface area contributed by atoms with Crippen molar-refractivity contribution in [3.05, 3.63) is 47.2 Å². The van der Waals surface area contributed by atoms with Gasteiger partial charge >= 0.3 is 0 Å². The number of aromatic nitrogens is 1. The Hall–Kier alpha value is -1.83. The molecule has 0 atom stereocenters. The zero-order chi connectivity index (χ0) is 12.7. The molecule has 92 valence electrons. The first kappa shape index (κ1) is 11.3. The zero-order valence-electron chi connectivity index (χ0n) is 11.0. The summed E-state index contributed by atoms with van der Waals surface area (Å²) in [6, 6.07) is 6.48. The van der Waals surface area contributed by atoms with E-state index in [0.717, 1.165) is 24.1 Å². The van der Waals surface area contributed by atoms with Crippen LogP contribution in [0.2, 0.25) is 0 Å². The van der Waals surface area contributed by atoms with Gasteiger partial charge in [0, 0.05) is 23.7 Å². The topological polar surface area (TPSA) is 28.8 Å². The van der Waals surface area contributed by atoms with Crippen LogP contribution >= 0.6 is 0 Å². The summed E-state index contributed by atoms with van der Waals surface area (Å²) in [7, 11) is 0. The van der Waals surface area contributed by atoms with Crippen LogP contribution in [0.25, 0.3) is 10.9 Å². The average molecular weight is 238 g/mol. The quantitative estimate of drug-likeness (QED) is 0.768. The van der Waals surface area contributed by atoms with Gasteiger partial charge < -0.3 is 4.57 Å². The fourth-order valence-corrected chi connectivity index (χ4v) is 2.81. The number of benzene rings is 1. The number of allylic oxidation sites excluding steroid dienone is 2. The Balaban J connectivity index is 2.27. The van der Waals surface area contributed by atoms with Gasteiger partial charge in [-0.2, -0.15) is 0 Å². The Morgan fingerprint density at radius 3 is 3.00 bits per heavy atom. The maximum Gasteiger partial charge on any atom is 0.0659 e. The normalized spacial score (nSPS) is 15.1. The molecule has 0 radical (unpaired) electrons. The van der Waals surface area contributed by atoms with E-state index < -0.39 is 0 Å². The van der Waals surface area contributed by atoms with E-state index in [4.69, 9.17) is 5.41 Å². The Kier molecular flexibility index (Phi) is 2.58. The summed E-state index contributed by atoms with van der Waals surface area (Å²) in [5, 5.41) is 9.55. The molecule has 0 fully saturated rings. The minimum absolute atomic E-state index is 0.653. The second-order valence-electron chi connectivity index (χ2n) is 5.00. The van der Waals surface area contributed by atoms with Gasteiger partial charge in [-0.1, -0.05) is 24.3 Å². The number of aryl methyl sites for hydroxylation is 2. The van der Waals surface area contributed by atoms with Gasteiger partial charge in [0.05, 0.1) is 11.2 Å². The van der Waals surface area contributed by atoms with E-state index in [1.165, 1.54) is 22.9 Å². The van der Waals surface area contributed by atoms with E-state index in [2.05, 4.69) is 29.0 Å². The Morgan fingerprint density at radius 2 is 2.22 bits per heavy atom. The van der Waals surface area contributed by atoms with Gasteiger partial charge in [-0.25, -0.2) is 0 Å². The number of rotatable bonds is 2. The molecule has 0 saturated carbocycles. The lowest BCUT2D eigenvalue weighted by Gasteiger charge is -2.14. The van der Waals surface area contributed by atoms with E-state index >= 15 is 0 Å². The third kappa shape index (κ3) is 1.52. The van der Waals surface area contributed by atoms with E-state index in [1.807, 2.05) is 19.9 Å². The second-order valence-corrected chi connectivity index (χ2v) is 5.00. The van der Waals surface area contributed by atoms with Crippen LogP contribution in [0.5, 0.6) is 0 Å². The summed E-state index contributed by atoms with van der Waals surface area (Å²) in [6.07, 6.45) is 6.53. The van der Waals surface area contributed by atoms with Crippen LogP contribution in [0.4, 0.5) is 0 Å². The molecule has 0 amide bonds. The molecular formula is C16H18N2. The lowest BCUT2D eigenvalue weighted by Crippen LogP contribution is -2.05.